The molecule has 0 heterocycles. The third-order valence-electron chi connectivity index (χ3n) is 4.55. The zero-order valence-electron chi connectivity index (χ0n) is 16.9. The Morgan fingerprint density at radius 2 is 1.45 bits per heavy atom. The molecule has 5 N–H and O–H groups in total. The van der Waals surface area contributed by atoms with Crippen molar-refractivity contribution >= 4 is 34.8 Å². The first-order chi connectivity index (χ1) is 15.0. The van der Waals surface area contributed by atoms with Crippen molar-refractivity contribution in [3.63, 3.8) is 0 Å². The largest absolute Gasteiger partial charge is 0.376 e. The van der Waals surface area contributed by atoms with E-state index in [0.717, 1.165) is 5.56 Å². The van der Waals surface area contributed by atoms with Crippen molar-refractivity contribution in [3.8, 4) is 0 Å². The first kappa shape index (κ1) is 21.6. The van der Waals surface area contributed by atoms with Gasteiger partial charge < -0.3 is 21.7 Å². The van der Waals surface area contributed by atoms with E-state index in [-0.39, 0.29) is 23.9 Å². The van der Waals surface area contributed by atoms with Gasteiger partial charge in [0, 0.05) is 17.8 Å². The second-order valence-corrected chi connectivity index (χ2v) is 6.93. The monoisotopic (exact) mass is 416 g/mol. The van der Waals surface area contributed by atoms with E-state index >= 15 is 0 Å². The lowest BCUT2D eigenvalue weighted by atomic mass is 10.1. The number of hydrogen-bond acceptors (Lipinski definition) is 4. The van der Waals surface area contributed by atoms with Crippen molar-refractivity contribution in [2.75, 3.05) is 22.5 Å². The van der Waals surface area contributed by atoms with Crippen LogP contribution in [0.1, 0.15) is 22.3 Å². The quantitative estimate of drug-likeness (QED) is 0.428. The Hall–Kier alpha value is -4.13. The Balaban J connectivity index is 1.50. The average molecular weight is 416 g/mol. The fraction of sp³-hybridized carbons (Fsp3) is 0.125. The van der Waals surface area contributed by atoms with Crippen molar-refractivity contribution in [1.82, 2.24) is 0 Å². The van der Waals surface area contributed by atoms with Crippen LogP contribution in [-0.2, 0) is 16.0 Å². The third kappa shape index (κ3) is 6.71. The molecular weight excluding hydrogens is 392 g/mol. The molecule has 3 aromatic rings. The van der Waals surface area contributed by atoms with Crippen LogP contribution in [0.2, 0.25) is 0 Å². The van der Waals surface area contributed by atoms with Crippen LogP contribution in [0.5, 0.6) is 0 Å². The van der Waals surface area contributed by atoms with E-state index in [1.807, 2.05) is 30.3 Å². The van der Waals surface area contributed by atoms with Crippen LogP contribution in [0, 0.1) is 0 Å². The topological polar surface area (TPSA) is 113 Å². The minimum atomic E-state index is -0.612. The van der Waals surface area contributed by atoms with Gasteiger partial charge in [-0.3, -0.25) is 14.4 Å². The van der Waals surface area contributed by atoms with E-state index < -0.39 is 5.91 Å². The summed E-state index contributed by atoms with van der Waals surface area (Å²) in [5, 5.41) is 8.54. The molecule has 0 bridgehead atoms. The van der Waals surface area contributed by atoms with Gasteiger partial charge in [0.1, 0.15) is 0 Å². The number of anilines is 3. The van der Waals surface area contributed by atoms with Gasteiger partial charge >= 0.3 is 0 Å². The van der Waals surface area contributed by atoms with Crippen molar-refractivity contribution in [2.24, 2.45) is 5.73 Å². The molecule has 0 saturated carbocycles. The van der Waals surface area contributed by atoms with Crippen LogP contribution in [0.25, 0.3) is 0 Å². The van der Waals surface area contributed by atoms with Gasteiger partial charge in [-0.2, -0.15) is 0 Å². The Labute approximate surface area is 180 Å². The summed E-state index contributed by atoms with van der Waals surface area (Å²) in [5.74, 6) is -1.02. The molecule has 158 valence electrons. The van der Waals surface area contributed by atoms with Gasteiger partial charge in [0.15, 0.2) is 0 Å². The third-order valence-corrected chi connectivity index (χ3v) is 4.55. The molecule has 0 spiro atoms. The molecule has 3 rings (SSSR count). The zero-order chi connectivity index (χ0) is 22.1. The van der Waals surface area contributed by atoms with Crippen LogP contribution < -0.4 is 21.7 Å². The molecule has 31 heavy (non-hydrogen) atoms. The SMILES string of the molecule is NC(=O)c1ccccc1NC(=O)CNc1cccc(NC(=O)CCc2ccccc2)c1. The second-order valence-electron chi connectivity index (χ2n) is 6.93. The predicted octanol–water partition coefficient (Wildman–Crippen LogP) is 3.41. The molecule has 0 atom stereocenters. The summed E-state index contributed by atoms with van der Waals surface area (Å²) in [6, 6.07) is 23.5. The number of rotatable bonds is 9. The molecule has 0 radical (unpaired) electrons. The van der Waals surface area contributed by atoms with Crippen LogP contribution in [0.4, 0.5) is 17.1 Å². The van der Waals surface area contributed by atoms with Crippen molar-refractivity contribution < 1.29 is 14.4 Å². The molecule has 7 nitrogen and oxygen atoms in total. The van der Waals surface area contributed by atoms with Crippen LogP contribution >= 0.6 is 0 Å². The van der Waals surface area contributed by atoms with Crippen molar-refractivity contribution in [2.45, 2.75) is 12.8 Å². The minimum absolute atomic E-state index is 0.0154. The Morgan fingerprint density at radius 3 is 2.23 bits per heavy atom. The maximum absolute atomic E-state index is 12.2. The predicted molar refractivity (Wildman–Crippen MR) is 122 cm³/mol. The number of nitrogens with one attached hydrogen (secondary N) is 3. The fourth-order valence-electron chi connectivity index (χ4n) is 3.02. The van der Waals surface area contributed by atoms with Crippen molar-refractivity contribution in [3.05, 3.63) is 90.0 Å². The lowest BCUT2D eigenvalue weighted by Gasteiger charge is -2.11. The summed E-state index contributed by atoms with van der Waals surface area (Å²) in [5.41, 5.74) is 8.36. The van der Waals surface area contributed by atoms with E-state index in [1.54, 1.807) is 48.5 Å². The first-order valence-corrected chi connectivity index (χ1v) is 9.87. The first-order valence-electron chi connectivity index (χ1n) is 9.87. The normalized spacial score (nSPS) is 10.2. The van der Waals surface area contributed by atoms with Gasteiger partial charge in [-0.25, -0.2) is 0 Å². The standard InChI is InChI=1S/C24H24N4O3/c25-24(31)20-11-4-5-12-21(20)28-23(30)16-26-18-9-6-10-19(15-18)27-22(29)14-13-17-7-2-1-3-8-17/h1-12,15,26H,13-14,16H2,(H2,25,31)(H,27,29)(H,28,30). The minimum Gasteiger partial charge on any atom is -0.376 e. The van der Waals surface area contributed by atoms with Gasteiger partial charge in [0.2, 0.25) is 11.8 Å². The lowest BCUT2D eigenvalue weighted by Crippen LogP contribution is -2.24. The van der Waals surface area contributed by atoms with E-state index in [1.165, 1.54) is 0 Å². The van der Waals surface area contributed by atoms with Crippen LogP contribution in [0.3, 0.4) is 0 Å². The second kappa shape index (κ2) is 10.6. The molecule has 0 saturated heterocycles. The molecule has 7 heteroatoms. The molecule has 0 fully saturated rings. The van der Waals surface area contributed by atoms with Gasteiger partial charge in [0.25, 0.3) is 5.91 Å². The smallest absolute Gasteiger partial charge is 0.250 e. The Kier molecular flexibility index (Phi) is 7.37. The number of carbonyl (C=O) groups excluding carboxylic acids is 3. The summed E-state index contributed by atoms with van der Waals surface area (Å²) < 4.78 is 0. The zero-order valence-corrected chi connectivity index (χ0v) is 16.9. The number of carbonyl (C=O) groups is 3. The van der Waals surface area contributed by atoms with Gasteiger partial charge in [0.05, 0.1) is 17.8 Å². The number of aryl methyl sites for hydroxylation is 1. The van der Waals surface area contributed by atoms with Crippen LogP contribution in [0.15, 0.2) is 78.9 Å². The molecule has 0 aliphatic carbocycles. The summed E-state index contributed by atoms with van der Waals surface area (Å²) in [4.78, 5) is 35.9. The van der Waals surface area contributed by atoms with E-state index in [9.17, 15) is 14.4 Å². The van der Waals surface area contributed by atoms with Gasteiger partial charge in [-0.05, 0) is 42.3 Å². The summed E-state index contributed by atoms with van der Waals surface area (Å²) in [6.07, 6.45) is 1.04. The molecular formula is C24H24N4O3. The van der Waals surface area contributed by atoms with Gasteiger partial charge in [-0.1, -0.05) is 48.5 Å². The maximum atomic E-state index is 12.2. The molecule has 0 unspecified atom stereocenters. The summed E-state index contributed by atoms with van der Waals surface area (Å²) in [6.45, 7) is -0.0154. The fourth-order valence-corrected chi connectivity index (χ4v) is 3.02. The highest BCUT2D eigenvalue weighted by Gasteiger charge is 2.10. The molecule has 3 amide bonds. The number of nitrogens with two attached hydrogens (primary N) is 1. The lowest BCUT2D eigenvalue weighted by molar-refractivity contribution is -0.116. The summed E-state index contributed by atoms with van der Waals surface area (Å²) in [7, 11) is 0. The van der Waals surface area contributed by atoms with Crippen molar-refractivity contribution in [1.29, 1.82) is 0 Å². The molecule has 0 aliphatic rings. The number of hydrogen-bond donors (Lipinski definition) is 4. The number of para-hydroxylation sites is 1. The van der Waals surface area contributed by atoms with E-state index in [0.29, 0.717) is 29.9 Å². The van der Waals surface area contributed by atoms with Gasteiger partial charge in [-0.15, -0.1) is 0 Å². The number of primary amides is 1. The summed E-state index contributed by atoms with van der Waals surface area (Å²) >= 11 is 0. The Bertz CT molecular complexity index is 1070. The maximum Gasteiger partial charge on any atom is 0.250 e. The number of benzene rings is 3. The molecule has 3 aromatic carbocycles. The highest BCUT2D eigenvalue weighted by molar-refractivity contribution is 6.03. The Morgan fingerprint density at radius 1 is 0.742 bits per heavy atom. The molecule has 0 aromatic heterocycles. The van der Waals surface area contributed by atoms with Crippen LogP contribution in [-0.4, -0.2) is 24.3 Å². The highest BCUT2D eigenvalue weighted by Crippen LogP contribution is 2.17. The highest BCUT2D eigenvalue weighted by atomic mass is 16.2. The average Bonchev–Trinajstić information content (AvgIpc) is 2.77. The molecule has 0 aliphatic heterocycles. The van der Waals surface area contributed by atoms with E-state index in [4.69, 9.17) is 5.73 Å². The number of amides is 3. The van der Waals surface area contributed by atoms with E-state index in [2.05, 4.69) is 16.0 Å².